The summed E-state index contributed by atoms with van der Waals surface area (Å²) < 4.78 is 5.20. The number of amides is 2. The Hall–Kier alpha value is -2.67. The molecule has 1 N–H and O–H groups in total. The Morgan fingerprint density at radius 3 is 2.54 bits per heavy atom. The highest BCUT2D eigenvalue weighted by atomic mass is 32.2. The van der Waals surface area contributed by atoms with Crippen molar-refractivity contribution in [1.29, 1.82) is 0 Å². The van der Waals surface area contributed by atoms with E-state index in [9.17, 15) is 9.59 Å². The first-order valence-electron chi connectivity index (χ1n) is 9.37. The molecule has 28 heavy (non-hydrogen) atoms. The van der Waals surface area contributed by atoms with Gasteiger partial charge in [0.05, 0.1) is 18.0 Å². The Labute approximate surface area is 168 Å². The number of hydrogen-bond acceptors (Lipinski definition) is 5. The summed E-state index contributed by atoms with van der Waals surface area (Å²) in [5.74, 6) is 0.790. The van der Waals surface area contributed by atoms with Gasteiger partial charge in [-0.05, 0) is 36.4 Å². The predicted molar refractivity (Wildman–Crippen MR) is 111 cm³/mol. The van der Waals surface area contributed by atoms with Gasteiger partial charge in [-0.1, -0.05) is 12.1 Å². The minimum absolute atomic E-state index is 0.0430. The van der Waals surface area contributed by atoms with E-state index in [-0.39, 0.29) is 23.5 Å². The van der Waals surface area contributed by atoms with Gasteiger partial charge in [0.2, 0.25) is 11.8 Å². The number of thioether (sulfide) groups is 1. The van der Waals surface area contributed by atoms with Gasteiger partial charge in [-0.3, -0.25) is 9.59 Å². The molecule has 0 bridgehead atoms. The number of carbonyl (C=O) groups is 2. The monoisotopic (exact) mass is 397 g/mol. The molecule has 2 aromatic rings. The zero-order valence-electron chi connectivity index (χ0n) is 15.8. The van der Waals surface area contributed by atoms with Crippen LogP contribution in [0.15, 0.2) is 53.4 Å². The van der Waals surface area contributed by atoms with Crippen LogP contribution in [0.4, 0.5) is 11.4 Å². The first-order valence-corrected chi connectivity index (χ1v) is 10.3. The highest BCUT2D eigenvalue weighted by Crippen LogP contribution is 2.36. The highest BCUT2D eigenvalue weighted by Gasteiger charge is 2.31. The van der Waals surface area contributed by atoms with Gasteiger partial charge in [0, 0.05) is 43.2 Å². The van der Waals surface area contributed by atoms with Crippen LogP contribution in [0.2, 0.25) is 0 Å². The molecule has 4 rings (SSSR count). The molecular formula is C21H23N3O3S. The Bertz CT molecular complexity index is 863. The summed E-state index contributed by atoms with van der Waals surface area (Å²) in [6.07, 6.45) is 0.230. The maximum atomic E-state index is 12.7. The van der Waals surface area contributed by atoms with E-state index in [1.807, 2.05) is 53.4 Å². The lowest BCUT2D eigenvalue weighted by atomic mass is 10.2. The lowest BCUT2D eigenvalue weighted by molar-refractivity contribution is -0.132. The van der Waals surface area contributed by atoms with E-state index in [2.05, 4.69) is 10.2 Å². The van der Waals surface area contributed by atoms with Crippen molar-refractivity contribution in [2.45, 2.75) is 16.6 Å². The molecule has 1 fully saturated rings. The molecule has 0 aromatic heterocycles. The van der Waals surface area contributed by atoms with E-state index in [0.29, 0.717) is 13.1 Å². The van der Waals surface area contributed by atoms with Crippen LogP contribution in [0.3, 0.4) is 0 Å². The largest absolute Gasteiger partial charge is 0.497 e. The first kappa shape index (κ1) is 18.7. The van der Waals surface area contributed by atoms with Crippen molar-refractivity contribution in [2.75, 3.05) is 43.5 Å². The molecule has 0 saturated carbocycles. The molecule has 1 atom stereocenters. The SMILES string of the molecule is COc1ccc(N2CCN(C(=O)CC3Sc4ccccc4NC3=O)CC2)cc1. The van der Waals surface area contributed by atoms with Crippen molar-refractivity contribution in [3.8, 4) is 5.75 Å². The van der Waals surface area contributed by atoms with Crippen LogP contribution in [-0.2, 0) is 9.59 Å². The normalized spacial score (nSPS) is 19.0. The van der Waals surface area contributed by atoms with E-state index >= 15 is 0 Å². The van der Waals surface area contributed by atoms with Crippen LogP contribution in [0, 0.1) is 0 Å². The van der Waals surface area contributed by atoms with Crippen molar-refractivity contribution in [1.82, 2.24) is 4.90 Å². The van der Waals surface area contributed by atoms with Gasteiger partial charge in [0.1, 0.15) is 5.75 Å². The quantitative estimate of drug-likeness (QED) is 0.860. The third kappa shape index (κ3) is 3.94. The second-order valence-electron chi connectivity index (χ2n) is 6.86. The smallest absolute Gasteiger partial charge is 0.238 e. The minimum Gasteiger partial charge on any atom is -0.497 e. The Morgan fingerprint density at radius 2 is 1.82 bits per heavy atom. The second kappa shape index (κ2) is 8.14. The molecule has 0 spiro atoms. The molecule has 0 aliphatic carbocycles. The van der Waals surface area contributed by atoms with Crippen LogP contribution in [0.1, 0.15) is 6.42 Å². The summed E-state index contributed by atoms with van der Waals surface area (Å²) in [6.45, 7) is 2.90. The molecule has 2 aliphatic rings. The number of piperazine rings is 1. The molecule has 1 saturated heterocycles. The molecule has 1 unspecified atom stereocenters. The molecule has 2 aliphatic heterocycles. The fourth-order valence-corrected chi connectivity index (χ4v) is 4.62. The highest BCUT2D eigenvalue weighted by molar-refractivity contribution is 8.01. The van der Waals surface area contributed by atoms with Crippen LogP contribution in [-0.4, -0.2) is 55.3 Å². The number of para-hydroxylation sites is 1. The number of ether oxygens (including phenoxy) is 1. The summed E-state index contributed by atoms with van der Waals surface area (Å²) in [5, 5.41) is 2.53. The minimum atomic E-state index is -0.373. The van der Waals surface area contributed by atoms with E-state index in [4.69, 9.17) is 4.74 Å². The Morgan fingerprint density at radius 1 is 1.11 bits per heavy atom. The summed E-state index contributed by atoms with van der Waals surface area (Å²) in [6, 6.07) is 15.7. The molecule has 7 heteroatoms. The Kier molecular flexibility index (Phi) is 5.43. The summed E-state index contributed by atoms with van der Waals surface area (Å²) in [5.41, 5.74) is 1.96. The van der Waals surface area contributed by atoms with Crippen LogP contribution in [0.25, 0.3) is 0 Å². The molecule has 146 valence electrons. The number of nitrogens with zero attached hydrogens (tertiary/aromatic N) is 2. The number of nitrogens with one attached hydrogen (secondary N) is 1. The molecule has 2 heterocycles. The van der Waals surface area contributed by atoms with Gasteiger partial charge in [-0.25, -0.2) is 0 Å². The maximum absolute atomic E-state index is 12.7. The van der Waals surface area contributed by atoms with Crippen molar-refractivity contribution in [3.63, 3.8) is 0 Å². The Balaban J connectivity index is 1.32. The number of methoxy groups -OCH3 is 1. The third-order valence-electron chi connectivity index (χ3n) is 5.14. The average Bonchev–Trinajstić information content (AvgIpc) is 2.74. The average molecular weight is 398 g/mol. The molecular weight excluding hydrogens is 374 g/mol. The van der Waals surface area contributed by atoms with Gasteiger partial charge in [0.15, 0.2) is 0 Å². The lowest BCUT2D eigenvalue weighted by Gasteiger charge is -2.36. The van der Waals surface area contributed by atoms with E-state index in [1.54, 1.807) is 7.11 Å². The number of fused-ring (bicyclic) bond motifs is 1. The van der Waals surface area contributed by atoms with E-state index in [0.717, 1.165) is 35.1 Å². The summed E-state index contributed by atoms with van der Waals surface area (Å²) in [7, 11) is 1.66. The molecule has 2 aromatic carbocycles. The van der Waals surface area contributed by atoms with Gasteiger partial charge < -0.3 is 19.9 Å². The third-order valence-corrected chi connectivity index (χ3v) is 6.41. The summed E-state index contributed by atoms with van der Waals surface area (Å²) >= 11 is 1.48. The number of benzene rings is 2. The fourth-order valence-electron chi connectivity index (χ4n) is 3.52. The number of hydrogen-bond donors (Lipinski definition) is 1. The summed E-state index contributed by atoms with van der Waals surface area (Å²) in [4.78, 5) is 30.2. The van der Waals surface area contributed by atoms with Crippen molar-refractivity contribution in [3.05, 3.63) is 48.5 Å². The van der Waals surface area contributed by atoms with Crippen molar-refractivity contribution >= 4 is 35.0 Å². The number of carbonyl (C=O) groups excluding carboxylic acids is 2. The molecule has 6 nitrogen and oxygen atoms in total. The fraction of sp³-hybridized carbons (Fsp3) is 0.333. The van der Waals surface area contributed by atoms with Crippen LogP contribution < -0.4 is 15.0 Å². The second-order valence-corrected chi connectivity index (χ2v) is 8.11. The van der Waals surface area contributed by atoms with Gasteiger partial charge in [-0.15, -0.1) is 11.8 Å². The van der Waals surface area contributed by atoms with E-state index in [1.165, 1.54) is 11.8 Å². The zero-order chi connectivity index (χ0) is 19.5. The van der Waals surface area contributed by atoms with Gasteiger partial charge in [0.25, 0.3) is 0 Å². The van der Waals surface area contributed by atoms with E-state index < -0.39 is 0 Å². The van der Waals surface area contributed by atoms with Crippen molar-refractivity contribution < 1.29 is 14.3 Å². The maximum Gasteiger partial charge on any atom is 0.238 e. The van der Waals surface area contributed by atoms with Crippen LogP contribution >= 0.6 is 11.8 Å². The predicted octanol–water partition coefficient (Wildman–Crippen LogP) is 2.85. The number of anilines is 2. The molecule has 2 amide bonds. The van der Waals surface area contributed by atoms with Crippen molar-refractivity contribution in [2.24, 2.45) is 0 Å². The number of rotatable bonds is 4. The topological polar surface area (TPSA) is 61.9 Å². The lowest BCUT2D eigenvalue weighted by Crippen LogP contribution is -2.49. The standard InChI is InChI=1S/C21H23N3O3S/c1-27-16-8-6-15(7-9-16)23-10-12-24(13-11-23)20(25)14-19-21(26)22-17-4-2-3-5-18(17)28-19/h2-9,19H,10-14H2,1H3,(H,22,26). The zero-order valence-corrected chi connectivity index (χ0v) is 16.6. The molecule has 0 radical (unpaired) electrons. The van der Waals surface area contributed by atoms with Gasteiger partial charge >= 0.3 is 0 Å². The van der Waals surface area contributed by atoms with Crippen LogP contribution in [0.5, 0.6) is 5.75 Å². The first-order chi connectivity index (χ1) is 13.6. The van der Waals surface area contributed by atoms with Gasteiger partial charge in [-0.2, -0.15) is 0 Å².